The Kier molecular flexibility index (Phi) is 5.94. The highest BCUT2D eigenvalue weighted by Gasteiger charge is 2.31. The van der Waals surface area contributed by atoms with Gasteiger partial charge in [0, 0.05) is 0 Å². The Morgan fingerprint density at radius 3 is 2.10 bits per heavy atom. The number of benzene rings is 1. The van der Waals surface area contributed by atoms with E-state index in [0.717, 1.165) is 5.56 Å². The summed E-state index contributed by atoms with van der Waals surface area (Å²) in [5.41, 5.74) is 0.911. The third kappa shape index (κ3) is 4.27. The van der Waals surface area contributed by atoms with Crippen molar-refractivity contribution in [1.29, 1.82) is 0 Å². The first-order valence-corrected chi connectivity index (χ1v) is 7.67. The Balaban J connectivity index is 3.16. The molecule has 0 fully saturated rings. The Bertz CT molecular complexity index is 501. The van der Waals surface area contributed by atoms with Crippen LogP contribution in [0.2, 0.25) is 10.0 Å². The van der Waals surface area contributed by atoms with Crippen LogP contribution in [-0.4, -0.2) is 17.7 Å². The van der Waals surface area contributed by atoms with Crippen LogP contribution in [-0.2, 0) is 10.2 Å². The van der Waals surface area contributed by atoms with Crippen molar-refractivity contribution in [2.45, 2.75) is 40.0 Å². The Hall–Kier alpha value is -0.930. The Morgan fingerprint density at radius 2 is 1.71 bits per heavy atom. The molecule has 1 N–H and O–H groups in total. The van der Waals surface area contributed by atoms with Crippen LogP contribution >= 0.6 is 23.2 Å². The predicted molar refractivity (Wildman–Crippen MR) is 86.6 cm³/mol. The van der Waals surface area contributed by atoms with E-state index in [2.05, 4.69) is 34.6 Å². The zero-order valence-corrected chi connectivity index (χ0v) is 14.5. The van der Waals surface area contributed by atoms with E-state index in [0.29, 0.717) is 21.9 Å². The fraction of sp³-hybridized carbons (Fsp3) is 0.562. The molecule has 0 radical (unpaired) electrons. The molecule has 0 aliphatic heterocycles. The standard InChI is InChI=1S/C16H22Cl2O3/c1-9(2)10(3)16(4,5)11-6-12(17)15(13(18)7-11)21-8-14(19)20/h6-7,9-10H,8H2,1-5H3,(H,19,20). The zero-order chi connectivity index (χ0) is 16.4. The molecule has 1 rings (SSSR count). The number of hydrogen-bond donors (Lipinski definition) is 1. The quantitative estimate of drug-likeness (QED) is 0.794. The van der Waals surface area contributed by atoms with Gasteiger partial charge in [-0.15, -0.1) is 0 Å². The SMILES string of the molecule is CC(C)C(C)C(C)(C)c1cc(Cl)c(OCC(=O)O)c(Cl)c1. The average Bonchev–Trinajstić information content (AvgIpc) is 2.35. The van der Waals surface area contributed by atoms with Gasteiger partial charge in [0.15, 0.2) is 12.4 Å². The summed E-state index contributed by atoms with van der Waals surface area (Å²) in [4.78, 5) is 10.6. The summed E-state index contributed by atoms with van der Waals surface area (Å²) in [5.74, 6) is 0.0911. The van der Waals surface area contributed by atoms with Crippen LogP contribution in [0.5, 0.6) is 5.75 Å². The second kappa shape index (κ2) is 6.89. The van der Waals surface area contributed by atoms with Crippen LogP contribution in [0, 0.1) is 11.8 Å². The summed E-state index contributed by atoms with van der Waals surface area (Å²) >= 11 is 12.4. The molecule has 1 unspecified atom stereocenters. The molecule has 0 saturated carbocycles. The lowest BCUT2D eigenvalue weighted by molar-refractivity contribution is -0.139. The number of carbonyl (C=O) groups is 1. The van der Waals surface area contributed by atoms with Crippen molar-refractivity contribution in [3.63, 3.8) is 0 Å². The maximum atomic E-state index is 10.6. The van der Waals surface area contributed by atoms with Crippen molar-refractivity contribution in [1.82, 2.24) is 0 Å². The van der Waals surface area contributed by atoms with Gasteiger partial charge in [0.05, 0.1) is 10.0 Å². The molecule has 0 aromatic heterocycles. The van der Waals surface area contributed by atoms with E-state index in [1.165, 1.54) is 0 Å². The summed E-state index contributed by atoms with van der Waals surface area (Å²) in [5, 5.41) is 9.33. The van der Waals surface area contributed by atoms with E-state index in [1.54, 1.807) is 0 Å². The first-order chi connectivity index (χ1) is 9.57. The van der Waals surface area contributed by atoms with Crippen LogP contribution in [0.4, 0.5) is 0 Å². The first-order valence-electron chi connectivity index (χ1n) is 6.91. The normalized spacial score (nSPS) is 13.3. The highest BCUT2D eigenvalue weighted by Crippen LogP contribution is 2.42. The molecule has 1 atom stereocenters. The maximum Gasteiger partial charge on any atom is 0.341 e. The molecule has 0 heterocycles. The van der Waals surface area contributed by atoms with Crippen LogP contribution < -0.4 is 4.74 Å². The topological polar surface area (TPSA) is 46.5 Å². The molecule has 118 valence electrons. The molecule has 21 heavy (non-hydrogen) atoms. The number of carboxylic acid groups (broad SMARTS) is 1. The molecule has 0 aliphatic rings. The van der Waals surface area contributed by atoms with Crippen LogP contribution in [0.3, 0.4) is 0 Å². The molecule has 0 amide bonds. The van der Waals surface area contributed by atoms with E-state index in [-0.39, 0.29) is 11.2 Å². The molecular weight excluding hydrogens is 311 g/mol. The first kappa shape index (κ1) is 18.1. The van der Waals surface area contributed by atoms with Gasteiger partial charge < -0.3 is 9.84 Å². The zero-order valence-electron chi connectivity index (χ0n) is 13.0. The summed E-state index contributed by atoms with van der Waals surface area (Å²) < 4.78 is 5.14. The summed E-state index contributed by atoms with van der Waals surface area (Å²) in [7, 11) is 0. The fourth-order valence-corrected chi connectivity index (χ4v) is 2.90. The van der Waals surface area contributed by atoms with Crippen molar-refractivity contribution in [3.8, 4) is 5.75 Å². The molecule has 1 aromatic carbocycles. The number of carboxylic acids is 1. The van der Waals surface area contributed by atoms with E-state index < -0.39 is 12.6 Å². The van der Waals surface area contributed by atoms with Crippen molar-refractivity contribution < 1.29 is 14.6 Å². The highest BCUT2D eigenvalue weighted by molar-refractivity contribution is 6.37. The number of rotatable bonds is 6. The molecule has 0 aliphatic carbocycles. The van der Waals surface area contributed by atoms with Gasteiger partial charge in [-0.05, 0) is 34.9 Å². The molecule has 1 aromatic rings. The molecule has 3 nitrogen and oxygen atoms in total. The van der Waals surface area contributed by atoms with Gasteiger partial charge in [-0.2, -0.15) is 0 Å². The van der Waals surface area contributed by atoms with Gasteiger partial charge in [-0.3, -0.25) is 0 Å². The van der Waals surface area contributed by atoms with Crippen LogP contribution in [0.1, 0.15) is 40.2 Å². The lowest BCUT2D eigenvalue weighted by atomic mass is 9.70. The summed E-state index contributed by atoms with van der Waals surface area (Å²) in [6.45, 7) is 10.4. The molecular formula is C16H22Cl2O3. The van der Waals surface area contributed by atoms with Crippen molar-refractivity contribution >= 4 is 29.2 Å². The number of aliphatic carboxylic acids is 1. The van der Waals surface area contributed by atoms with Crippen molar-refractivity contribution in [2.75, 3.05) is 6.61 Å². The summed E-state index contributed by atoms with van der Waals surface area (Å²) in [6, 6.07) is 3.62. The number of ether oxygens (including phenoxy) is 1. The third-order valence-electron chi connectivity index (χ3n) is 4.22. The molecule has 0 saturated heterocycles. The smallest absolute Gasteiger partial charge is 0.341 e. The van der Waals surface area contributed by atoms with Crippen molar-refractivity contribution in [3.05, 3.63) is 27.7 Å². The van der Waals surface area contributed by atoms with E-state index in [4.69, 9.17) is 33.0 Å². The van der Waals surface area contributed by atoms with E-state index in [1.807, 2.05) is 12.1 Å². The minimum Gasteiger partial charge on any atom is -0.479 e. The van der Waals surface area contributed by atoms with Gasteiger partial charge in [0.1, 0.15) is 0 Å². The fourth-order valence-electron chi connectivity index (χ4n) is 2.30. The largest absolute Gasteiger partial charge is 0.479 e. The van der Waals surface area contributed by atoms with Gasteiger partial charge in [-0.25, -0.2) is 4.79 Å². The van der Waals surface area contributed by atoms with Crippen LogP contribution in [0.15, 0.2) is 12.1 Å². The third-order valence-corrected chi connectivity index (χ3v) is 4.78. The molecule has 0 bridgehead atoms. The van der Waals surface area contributed by atoms with Gasteiger partial charge >= 0.3 is 5.97 Å². The lowest BCUT2D eigenvalue weighted by Gasteiger charge is -2.35. The second-order valence-electron chi connectivity index (χ2n) is 6.21. The molecule has 0 spiro atoms. The minimum absolute atomic E-state index is 0.104. The van der Waals surface area contributed by atoms with Crippen molar-refractivity contribution in [2.24, 2.45) is 11.8 Å². The second-order valence-corrected chi connectivity index (χ2v) is 7.02. The molecule has 5 heteroatoms. The lowest BCUT2D eigenvalue weighted by Crippen LogP contribution is -2.30. The van der Waals surface area contributed by atoms with Crippen LogP contribution in [0.25, 0.3) is 0 Å². The van der Waals surface area contributed by atoms with Gasteiger partial charge in [0.25, 0.3) is 0 Å². The minimum atomic E-state index is -1.07. The highest BCUT2D eigenvalue weighted by atomic mass is 35.5. The Morgan fingerprint density at radius 1 is 1.24 bits per heavy atom. The average molecular weight is 333 g/mol. The Labute approximate surface area is 136 Å². The monoisotopic (exact) mass is 332 g/mol. The van der Waals surface area contributed by atoms with Gasteiger partial charge in [0.2, 0.25) is 0 Å². The summed E-state index contributed by atoms with van der Waals surface area (Å²) in [6.07, 6.45) is 0. The predicted octanol–water partition coefficient (Wildman–Crippen LogP) is 5.03. The number of halogens is 2. The van der Waals surface area contributed by atoms with Gasteiger partial charge in [-0.1, -0.05) is 57.8 Å². The van der Waals surface area contributed by atoms with E-state index >= 15 is 0 Å². The number of hydrogen-bond acceptors (Lipinski definition) is 2. The van der Waals surface area contributed by atoms with E-state index in [9.17, 15) is 4.79 Å². The maximum absolute atomic E-state index is 10.6.